The van der Waals surface area contributed by atoms with Crippen LogP contribution in [0.4, 0.5) is 0 Å². The number of carbonyl (C=O) groups excluding carboxylic acids is 2. The van der Waals surface area contributed by atoms with Crippen molar-refractivity contribution in [2.45, 2.75) is 84.1 Å². The number of hydrogen-bond donors (Lipinski definition) is 3. The molecule has 0 spiro atoms. The lowest BCUT2D eigenvalue weighted by molar-refractivity contribution is -0.122. The van der Waals surface area contributed by atoms with E-state index in [0.29, 0.717) is 32.4 Å². The summed E-state index contributed by atoms with van der Waals surface area (Å²) < 4.78 is 26.5. The standard InChI is InChI=1S/C29H44N4O4S/c1-5-10-26(11-6-2)38(36,37)21-27(33-28(34)25-16-22(4)18-31-20-25)29(35)32-15-9-14-30-19-24-13-8-12-23(7-3)17-24/h8,12-13,16-18,20,26-27,30H,5-7,9-11,14-15,19,21H2,1-4H3,(H,32,35)(H,33,34). The Morgan fingerprint density at radius 3 is 2.34 bits per heavy atom. The fourth-order valence-corrected chi connectivity index (χ4v) is 6.52. The van der Waals surface area contributed by atoms with Crippen molar-refractivity contribution >= 4 is 21.7 Å². The zero-order chi connectivity index (χ0) is 28.0. The van der Waals surface area contributed by atoms with Crippen LogP contribution in [0.2, 0.25) is 0 Å². The SMILES string of the molecule is CCCC(CCC)S(=O)(=O)CC(NC(=O)c1cncc(C)c1)C(=O)NCCCNCc1cccc(CC)c1. The lowest BCUT2D eigenvalue weighted by Crippen LogP contribution is -2.51. The highest BCUT2D eigenvalue weighted by Gasteiger charge is 2.32. The summed E-state index contributed by atoms with van der Waals surface area (Å²) in [6.45, 7) is 9.63. The number of benzene rings is 1. The predicted molar refractivity (Wildman–Crippen MR) is 153 cm³/mol. The van der Waals surface area contributed by atoms with Crippen molar-refractivity contribution in [1.82, 2.24) is 20.9 Å². The lowest BCUT2D eigenvalue weighted by atomic mass is 10.1. The molecule has 2 aromatic rings. The van der Waals surface area contributed by atoms with E-state index >= 15 is 0 Å². The molecule has 0 aliphatic carbocycles. The summed E-state index contributed by atoms with van der Waals surface area (Å²) in [5.74, 6) is -1.44. The van der Waals surface area contributed by atoms with Crippen molar-refractivity contribution in [3.05, 3.63) is 65.0 Å². The molecule has 38 heavy (non-hydrogen) atoms. The largest absolute Gasteiger partial charge is 0.354 e. The minimum absolute atomic E-state index is 0.287. The Kier molecular flexibility index (Phi) is 13.4. The molecule has 210 valence electrons. The predicted octanol–water partition coefficient (Wildman–Crippen LogP) is 3.73. The van der Waals surface area contributed by atoms with Gasteiger partial charge in [-0.3, -0.25) is 14.6 Å². The molecular formula is C29H44N4O4S. The van der Waals surface area contributed by atoms with Crippen LogP contribution < -0.4 is 16.0 Å². The van der Waals surface area contributed by atoms with Crippen molar-refractivity contribution in [3.8, 4) is 0 Å². The molecule has 2 rings (SSSR count). The Labute approximate surface area is 228 Å². The molecule has 1 aromatic heterocycles. The maximum atomic E-state index is 13.2. The Morgan fingerprint density at radius 2 is 1.68 bits per heavy atom. The average Bonchev–Trinajstić information content (AvgIpc) is 2.90. The van der Waals surface area contributed by atoms with E-state index in [1.165, 1.54) is 17.3 Å². The molecule has 0 bridgehead atoms. The number of nitrogens with one attached hydrogen (secondary N) is 3. The number of carbonyl (C=O) groups is 2. The minimum Gasteiger partial charge on any atom is -0.354 e. The number of pyridine rings is 1. The molecule has 1 heterocycles. The molecule has 1 unspecified atom stereocenters. The fraction of sp³-hybridized carbons (Fsp3) is 0.552. The fourth-order valence-electron chi connectivity index (χ4n) is 4.36. The minimum atomic E-state index is -3.61. The number of hydrogen-bond acceptors (Lipinski definition) is 6. The van der Waals surface area contributed by atoms with Gasteiger partial charge in [-0.1, -0.05) is 57.9 Å². The van der Waals surface area contributed by atoms with Gasteiger partial charge in [0.1, 0.15) is 6.04 Å². The number of amides is 2. The van der Waals surface area contributed by atoms with Crippen LogP contribution in [0.5, 0.6) is 0 Å². The number of rotatable bonds is 17. The van der Waals surface area contributed by atoms with Crippen molar-refractivity contribution in [2.24, 2.45) is 0 Å². The van der Waals surface area contributed by atoms with E-state index in [4.69, 9.17) is 0 Å². The summed E-state index contributed by atoms with van der Waals surface area (Å²) >= 11 is 0. The molecule has 2 amide bonds. The third-order valence-electron chi connectivity index (χ3n) is 6.45. The number of aryl methyl sites for hydroxylation is 2. The zero-order valence-electron chi connectivity index (χ0n) is 23.3. The molecule has 0 fully saturated rings. The van der Waals surface area contributed by atoms with Crippen LogP contribution in [-0.4, -0.2) is 55.4 Å². The van der Waals surface area contributed by atoms with Crippen molar-refractivity contribution in [2.75, 3.05) is 18.8 Å². The third-order valence-corrected chi connectivity index (χ3v) is 8.73. The Morgan fingerprint density at radius 1 is 0.974 bits per heavy atom. The first-order valence-corrected chi connectivity index (χ1v) is 15.4. The van der Waals surface area contributed by atoms with Gasteiger partial charge >= 0.3 is 0 Å². The van der Waals surface area contributed by atoms with Gasteiger partial charge in [-0.2, -0.15) is 0 Å². The van der Waals surface area contributed by atoms with Crippen LogP contribution in [0.3, 0.4) is 0 Å². The van der Waals surface area contributed by atoms with E-state index in [0.717, 1.165) is 31.4 Å². The molecule has 1 aromatic carbocycles. The normalized spacial score (nSPS) is 12.3. The van der Waals surface area contributed by atoms with E-state index in [1.807, 2.05) is 20.8 Å². The Hall–Kier alpha value is -2.78. The van der Waals surface area contributed by atoms with Crippen LogP contribution in [0, 0.1) is 6.92 Å². The summed E-state index contributed by atoms with van der Waals surface area (Å²) in [4.78, 5) is 30.0. The number of nitrogens with zero attached hydrogens (tertiary/aromatic N) is 1. The molecule has 0 saturated carbocycles. The first-order valence-electron chi connectivity index (χ1n) is 13.7. The highest BCUT2D eigenvalue weighted by atomic mass is 32.2. The molecule has 9 heteroatoms. The van der Waals surface area contributed by atoms with E-state index < -0.39 is 38.7 Å². The molecular weight excluding hydrogens is 500 g/mol. The van der Waals surface area contributed by atoms with Crippen molar-refractivity contribution in [1.29, 1.82) is 0 Å². The van der Waals surface area contributed by atoms with Gasteiger partial charge in [0.15, 0.2) is 9.84 Å². The molecule has 1 atom stereocenters. The molecule has 0 saturated heterocycles. The first kappa shape index (κ1) is 31.4. The summed E-state index contributed by atoms with van der Waals surface area (Å²) in [5, 5.41) is 8.32. The van der Waals surface area contributed by atoms with Gasteiger partial charge in [-0.15, -0.1) is 0 Å². The van der Waals surface area contributed by atoms with E-state index in [1.54, 1.807) is 12.3 Å². The second kappa shape index (κ2) is 16.2. The summed E-state index contributed by atoms with van der Waals surface area (Å²) in [7, 11) is -3.61. The number of aromatic nitrogens is 1. The number of sulfone groups is 1. The van der Waals surface area contributed by atoms with E-state index in [2.05, 4.69) is 52.1 Å². The smallest absolute Gasteiger partial charge is 0.253 e. The molecule has 0 aliphatic heterocycles. The van der Waals surface area contributed by atoms with Gasteiger partial charge in [0.05, 0.1) is 16.6 Å². The summed E-state index contributed by atoms with van der Waals surface area (Å²) in [6, 6.07) is 8.89. The van der Waals surface area contributed by atoms with Gasteiger partial charge in [-0.25, -0.2) is 8.42 Å². The molecule has 3 N–H and O–H groups in total. The quantitative estimate of drug-likeness (QED) is 0.261. The Balaban J connectivity index is 1.99. The van der Waals surface area contributed by atoms with Crippen LogP contribution in [-0.2, 0) is 27.6 Å². The van der Waals surface area contributed by atoms with Gasteiger partial charge in [-0.05, 0) is 61.9 Å². The van der Waals surface area contributed by atoms with E-state index in [-0.39, 0.29) is 5.56 Å². The highest BCUT2D eigenvalue weighted by molar-refractivity contribution is 7.92. The topological polar surface area (TPSA) is 117 Å². The second-order valence-corrected chi connectivity index (χ2v) is 12.1. The lowest BCUT2D eigenvalue weighted by Gasteiger charge is -2.22. The monoisotopic (exact) mass is 544 g/mol. The second-order valence-electron chi connectivity index (χ2n) is 9.80. The van der Waals surface area contributed by atoms with Crippen LogP contribution in [0.15, 0.2) is 42.7 Å². The first-order chi connectivity index (χ1) is 18.2. The molecule has 0 radical (unpaired) electrons. The third kappa shape index (κ3) is 10.5. The van der Waals surface area contributed by atoms with Gasteiger partial charge in [0.2, 0.25) is 5.91 Å². The highest BCUT2D eigenvalue weighted by Crippen LogP contribution is 2.17. The zero-order valence-corrected chi connectivity index (χ0v) is 24.1. The summed E-state index contributed by atoms with van der Waals surface area (Å²) in [5.41, 5.74) is 3.59. The van der Waals surface area contributed by atoms with Crippen LogP contribution >= 0.6 is 0 Å². The van der Waals surface area contributed by atoms with Crippen molar-refractivity contribution in [3.63, 3.8) is 0 Å². The molecule has 8 nitrogen and oxygen atoms in total. The van der Waals surface area contributed by atoms with Gasteiger partial charge in [0.25, 0.3) is 5.91 Å². The van der Waals surface area contributed by atoms with Gasteiger partial charge in [0, 0.05) is 25.5 Å². The van der Waals surface area contributed by atoms with Crippen molar-refractivity contribution < 1.29 is 18.0 Å². The average molecular weight is 545 g/mol. The van der Waals surface area contributed by atoms with Crippen LogP contribution in [0.1, 0.15) is 79.9 Å². The maximum absolute atomic E-state index is 13.2. The Bertz CT molecular complexity index is 1130. The van der Waals surface area contributed by atoms with E-state index in [9.17, 15) is 18.0 Å². The maximum Gasteiger partial charge on any atom is 0.253 e. The van der Waals surface area contributed by atoms with Crippen LogP contribution in [0.25, 0.3) is 0 Å². The van der Waals surface area contributed by atoms with Gasteiger partial charge < -0.3 is 16.0 Å². The summed E-state index contributed by atoms with van der Waals surface area (Å²) in [6.07, 6.45) is 7.23. The molecule has 0 aliphatic rings.